The molecule has 30 heavy (non-hydrogen) atoms. The van der Waals surface area contributed by atoms with Gasteiger partial charge >= 0.3 is 5.69 Å². The fraction of sp³-hybridized carbons (Fsp3) is 0.500. The van der Waals surface area contributed by atoms with Gasteiger partial charge in [-0.15, -0.1) is 11.3 Å². The number of imidazole rings is 1. The van der Waals surface area contributed by atoms with Gasteiger partial charge in [0.05, 0.1) is 6.54 Å². The quantitative estimate of drug-likeness (QED) is 0.613. The standard InChI is InChI=1S/C20H27N7O2S/c1-13(2)6-9-26-16-17(23-19(26)25-8-4-5-14(21)11-25)24(3)20(29)27(18(16)28)12-15-22-7-10-30-15/h6-7,10,14H,4-5,8-9,11-12,21H2,1-3H3. The van der Waals surface area contributed by atoms with Crippen molar-refractivity contribution < 1.29 is 0 Å². The zero-order valence-corrected chi connectivity index (χ0v) is 18.4. The lowest BCUT2D eigenvalue weighted by Crippen LogP contribution is -2.44. The summed E-state index contributed by atoms with van der Waals surface area (Å²) in [7, 11) is 1.66. The Bertz CT molecular complexity index is 1200. The summed E-state index contributed by atoms with van der Waals surface area (Å²) >= 11 is 1.42. The number of aromatic nitrogens is 5. The first-order valence-corrected chi connectivity index (χ1v) is 11.0. The Balaban J connectivity index is 1.94. The Kier molecular flexibility index (Phi) is 5.61. The highest BCUT2D eigenvalue weighted by atomic mass is 32.1. The molecule has 0 aliphatic carbocycles. The lowest BCUT2D eigenvalue weighted by atomic mass is 10.1. The van der Waals surface area contributed by atoms with Gasteiger partial charge in [-0.2, -0.15) is 4.98 Å². The first-order chi connectivity index (χ1) is 14.4. The van der Waals surface area contributed by atoms with Crippen molar-refractivity contribution >= 4 is 28.4 Å². The third-order valence-electron chi connectivity index (χ3n) is 5.41. The van der Waals surface area contributed by atoms with Crippen LogP contribution < -0.4 is 21.9 Å². The van der Waals surface area contributed by atoms with E-state index in [-0.39, 0.29) is 18.1 Å². The Morgan fingerprint density at radius 2 is 2.13 bits per heavy atom. The molecule has 0 saturated carbocycles. The van der Waals surface area contributed by atoms with Crippen LogP contribution in [0.25, 0.3) is 11.2 Å². The number of fused-ring (bicyclic) bond motifs is 1. The molecule has 10 heteroatoms. The summed E-state index contributed by atoms with van der Waals surface area (Å²) in [5.41, 5.74) is 7.44. The van der Waals surface area contributed by atoms with Gasteiger partial charge in [0.2, 0.25) is 5.95 Å². The van der Waals surface area contributed by atoms with Crippen LogP contribution in [0.3, 0.4) is 0 Å². The molecule has 3 aromatic rings. The number of anilines is 1. The monoisotopic (exact) mass is 429 g/mol. The number of aryl methyl sites for hydroxylation is 1. The molecule has 1 aliphatic rings. The molecule has 9 nitrogen and oxygen atoms in total. The summed E-state index contributed by atoms with van der Waals surface area (Å²) in [5, 5.41) is 2.55. The molecule has 1 atom stereocenters. The molecule has 3 aromatic heterocycles. The number of thiazole rings is 1. The van der Waals surface area contributed by atoms with Crippen molar-refractivity contribution in [3.63, 3.8) is 0 Å². The zero-order valence-electron chi connectivity index (χ0n) is 17.5. The average Bonchev–Trinajstić information content (AvgIpc) is 3.35. The number of hydrogen-bond acceptors (Lipinski definition) is 7. The summed E-state index contributed by atoms with van der Waals surface area (Å²) in [4.78, 5) is 37.5. The molecule has 160 valence electrons. The van der Waals surface area contributed by atoms with E-state index in [0.717, 1.165) is 25.0 Å². The van der Waals surface area contributed by atoms with E-state index < -0.39 is 5.69 Å². The second-order valence-corrected chi connectivity index (χ2v) is 8.96. The maximum absolute atomic E-state index is 13.5. The molecule has 1 fully saturated rings. The minimum atomic E-state index is -0.392. The van der Waals surface area contributed by atoms with E-state index >= 15 is 0 Å². The Hall–Kier alpha value is -2.72. The van der Waals surface area contributed by atoms with Crippen LogP contribution in [0.15, 0.2) is 32.8 Å². The summed E-state index contributed by atoms with van der Waals surface area (Å²) in [6.07, 6.45) is 5.68. The van der Waals surface area contributed by atoms with Crippen molar-refractivity contribution in [2.24, 2.45) is 12.8 Å². The molecule has 0 spiro atoms. The van der Waals surface area contributed by atoms with Crippen molar-refractivity contribution in [1.29, 1.82) is 0 Å². The molecule has 1 aliphatic heterocycles. The van der Waals surface area contributed by atoms with Crippen LogP contribution in [0, 0.1) is 0 Å². The van der Waals surface area contributed by atoms with Gasteiger partial charge in [-0.1, -0.05) is 11.6 Å². The highest BCUT2D eigenvalue weighted by Gasteiger charge is 2.26. The first kappa shape index (κ1) is 20.5. The van der Waals surface area contributed by atoms with Crippen LogP contribution in [0.5, 0.6) is 0 Å². The van der Waals surface area contributed by atoms with E-state index in [9.17, 15) is 9.59 Å². The molecular weight excluding hydrogens is 402 g/mol. The lowest BCUT2D eigenvalue weighted by Gasteiger charge is -2.31. The topological polar surface area (TPSA) is 104 Å². The zero-order chi connectivity index (χ0) is 21.4. The second kappa shape index (κ2) is 8.19. The number of piperidine rings is 1. The fourth-order valence-corrected chi connectivity index (χ4v) is 4.45. The second-order valence-electron chi connectivity index (χ2n) is 7.98. The summed E-state index contributed by atoms with van der Waals surface area (Å²) in [6, 6.07) is 0.0702. The van der Waals surface area contributed by atoms with E-state index in [1.54, 1.807) is 13.2 Å². The third kappa shape index (κ3) is 3.72. The van der Waals surface area contributed by atoms with Gasteiger partial charge in [0.25, 0.3) is 5.56 Å². The molecule has 0 amide bonds. The van der Waals surface area contributed by atoms with Crippen molar-refractivity contribution in [2.75, 3.05) is 18.0 Å². The summed E-state index contributed by atoms with van der Waals surface area (Å²) < 4.78 is 4.62. The minimum absolute atomic E-state index is 0.0702. The number of allylic oxidation sites excluding steroid dienone is 2. The predicted molar refractivity (Wildman–Crippen MR) is 119 cm³/mol. The van der Waals surface area contributed by atoms with E-state index in [1.807, 2.05) is 23.8 Å². The van der Waals surface area contributed by atoms with E-state index in [4.69, 9.17) is 10.7 Å². The van der Waals surface area contributed by atoms with Gasteiger partial charge in [0, 0.05) is 44.3 Å². The third-order valence-corrected chi connectivity index (χ3v) is 6.18. The van der Waals surface area contributed by atoms with Crippen molar-refractivity contribution in [2.45, 2.75) is 45.8 Å². The molecule has 4 rings (SSSR count). The number of rotatable bonds is 5. The van der Waals surface area contributed by atoms with E-state index in [1.165, 1.54) is 20.5 Å². The molecule has 0 aromatic carbocycles. The number of nitrogens with two attached hydrogens (primary N) is 1. The molecule has 0 radical (unpaired) electrons. The fourth-order valence-electron chi connectivity index (χ4n) is 3.85. The van der Waals surface area contributed by atoms with Gasteiger partial charge < -0.3 is 15.2 Å². The van der Waals surface area contributed by atoms with Gasteiger partial charge in [-0.05, 0) is 26.7 Å². The van der Waals surface area contributed by atoms with Crippen molar-refractivity contribution in [3.05, 3.63) is 49.1 Å². The maximum Gasteiger partial charge on any atom is 0.332 e. The van der Waals surface area contributed by atoms with Gasteiger partial charge in [-0.25, -0.2) is 9.78 Å². The smallest absolute Gasteiger partial charge is 0.332 e. The van der Waals surface area contributed by atoms with Crippen molar-refractivity contribution in [1.82, 2.24) is 23.7 Å². The lowest BCUT2D eigenvalue weighted by molar-refractivity contribution is 0.495. The van der Waals surface area contributed by atoms with Crippen LogP contribution in [0.1, 0.15) is 31.7 Å². The average molecular weight is 430 g/mol. The van der Waals surface area contributed by atoms with Crippen LogP contribution in [0.4, 0.5) is 5.95 Å². The highest BCUT2D eigenvalue weighted by Crippen LogP contribution is 2.23. The number of nitrogens with zero attached hydrogens (tertiary/aromatic N) is 6. The molecule has 2 N–H and O–H groups in total. The molecule has 1 saturated heterocycles. The largest absolute Gasteiger partial charge is 0.341 e. The molecule has 4 heterocycles. The van der Waals surface area contributed by atoms with Crippen LogP contribution >= 0.6 is 11.3 Å². The van der Waals surface area contributed by atoms with Gasteiger partial charge in [-0.3, -0.25) is 13.9 Å². The Morgan fingerprint density at radius 1 is 1.33 bits per heavy atom. The normalized spacial score (nSPS) is 16.9. The van der Waals surface area contributed by atoms with Crippen molar-refractivity contribution in [3.8, 4) is 0 Å². The summed E-state index contributed by atoms with van der Waals surface area (Å²) in [6.45, 7) is 6.20. The van der Waals surface area contributed by atoms with E-state index in [0.29, 0.717) is 35.2 Å². The SMILES string of the molecule is CC(C)=CCn1c(N2CCCC(N)C2)nc2c1c(=O)n(Cc1nccs1)c(=O)n2C. The minimum Gasteiger partial charge on any atom is -0.341 e. The van der Waals surface area contributed by atoms with E-state index in [2.05, 4.69) is 16.0 Å². The highest BCUT2D eigenvalue weighted by molar-refractivity contribution is 7.09. The van der Waals surface area contributed by atoms with Crippen LogP contribution in [-0.4, -0.2) is 42.8 Å². The number of hydrogen-bond donors (Lipinski definition) is 1. The first-order valence-electron chi connectivity index (χ1n) is 10.1. The maximum atomic E-state index is 13.5. The van der Waals surface area contributed by atoms with Gasteiger partial charge in [0.1, 0.15) is 5.01 Å². The molecule has 1 unspecified atom stereocenters. The predicted octanol–water partition coefficient (Wildman–Crippen LogP) is 1.30. The Morgan fingerprint density at radius 3 is 2.80 bits per heavy atom. The Labute approximate surface area is 178 Å². The molecular formula is C20H27N7O2S. The van der Waals surface area contributed by atoms with Crippen LogP contribution in [0.2, 0.25) is 0 Å². The molecule has 0 bridgehead atoms. The van der Waals surface area contributed by atoms with Gasteiger partial charge in [0.15, 0.2) is 11.2 Å². The van der Waals surface area contributed by atoms with Crippen LogP contribution in [-0.2, 0) is 20.1 Å². The summed E-state index contributed by atoms with van der Waals surface area (Å²) in [5.74, 6) is 0.691.